The summed E-state index contributed by atoms with van der Waals surface area (Å²) in [6.07, 6.45) is 1.71. The van der Waals surface area contributed by atoms with Gasteiger partial charge in [0.15, 0.2) is 0 Å². The Morgan fingerprint density at radius 1 is 0.947 bits per heavy atom. The van der Waals surface area contributed by atoms with Crippen molar-refractivity contribution in [3.05, 3.63) is 59.1 Å². The second kappa shape index (κ2) is 5.42. The first kappa shape index (κ1) is 13.6. The van der Waals surface area contributed by atoms with Gasteiger partial charge in [0.25, 0.3) is 10.0 Å². The van der Waals surface area contributed by atoms with Crippen LogP contribution in [0.3, 0.4) is 0 Å². The van der Waals surface area contributed by atoms with Gasteiger partial charge in [0.2, 0.25) is 6.29 Å². The van der Waals surface area contributed by atoms with E-state index in [1.807, 2.05) is 0 Å². The summed E-state index contributed by atoms with van der Waals surface area (Å²) in [4.78, 5) is 10.5. The van der Waals surface area contributed by atoms with Crippen LogP contribution in [0, 0.1) is 0 Å². The molecule has 0 fully saturated rings. The van der Waals surface area contributed by atoms with E-state index in [0.29, 0.717) is 16.3 Å². The van der Waals surface area contributed by atoms with E-state index in [1.54, 1.807) is 6.29 Å². The number of rotatable bonds is 4. The maximum atomic E-state index is 12.0. The van der Waals surface area contributed by atoms with Gasteiger partial charge in [0.05, 0.1) is 4.90 Å². The van der Waals surface area contributed by atoms with Crippen molar-refractivity contribution in [3.8, 4) is 0 Å². The zero-order valence-electron chi connectivity index (χ0n) is 9.63. The predicted molar refractivity (Wildman–Crippen MR) is 73.5 cm³/mol. The molecule has 0 aromatic heterocycles. The smallest absolute Gasteiger partial charge is 0.261 e. The fourth-order valence-corrected chi connectivity index (χ4v) is 2.62. The number of anilines is 1. The van der Waals surface area contributed by atoms with Gasteiger partial charge < -0.3 is 0 Å². The summed E-state index contributed by atoms with van der Waals surface area (Å²) in [5.41, 5.74) is 0.725. The average molecular weight is 295 g/mol. The molecule has 97 valence electrons. The van der Waals surface area contributed by atoms with Crippen LogP contribution in [0.2, 0.25) is 5.02 Å². The molecule has 19 heavy (non-hydrogen) atoms. The first-order valence-corrected chi connectivity index (χ1v) is 7.14. The summed E-state index contributed by atoms with van der Waals surface area (Å²) in [6, 6.07) is 11.8. The quantitative estimate of drug-likeness (QED) is 0.943. The monoisotopic (exact) mass is 294 g/mol. The van der Waals surface area contributed by atoms with Crippen LogP contribution >= 0.6 is 11.6 Å². The molecule has 0 heterocycles. The number of hydrogen-bond donors (Lipinski definition) is 1. The van der Waals surface area contributed by atoms with Crippen molar-refractivity contribution in [2.75, 3.05) is 4.72 Å². The second-order valence-corrected chi connectivity index (χ2v) is 5.86. The summed E-state index contributed by atoms with van der Waals surface area (Å²) in [5, 5.41) is 0.463. The number of halogens is 1. The molecule has 4 nitrogen and oxygen atoms in total. The van der Waals surface area contributed by atoms with Crippen LogP contribution < -0.4 is 4.72 Å². The molecule has 0 aliphatic carbocycles. The van der Waals surface area contributed by atoms with Crippen LogP contribution in [0.25, 0.3) is 0 Å². The van der Waals surface area contributed by atoms with Crippen molar-refractivity contribution in [1.29, 1.82) is 0 Å². The third-order valence-corrected chi connectivity index (χ3v) is 4.03. The maximum absolute atomic E-state index is 12.0. The van der Waals surface area contributed by atoms with Crippen molar-refractivity contribution in [1.82, 2.24) is 0 Å². The van der Waals surface area contributed by atoms with Crippen molar-refractivity contribution >= 4 is 33.6 Å². The molecule has 0 spiro atoms. The highest BCUT2D eigenvalue weighted by Gasteiger charge is 2.13. The van der Waals surface area contributed by atoms with E-state index in [9.17, 15) is 13.2 Å². The first-order valence-electron chi connectivity index (χ1n) is 5.28. The van der Waals surface area contributed by atoms with Gasteiger partial charge in [-0.2, -0.15) is 0 Å². The molecule has 0 saturated carbocycles. The summed E-state index contributed by atoms with van der Waals surface area (Å²) < 4.78 is 26.5. The lowest BCUT2D eigenvalue weighted by atomic mass is 10.2. The van der Waals surface area contributed by atoms with Crippen LogP contribution in [0.5, 0.6) is 0 Å². The number of sulfonamides is 1. The van der Waals surface area contributed by atoms with E-state index in [4.69, 9.17) is 11.6 Å². The number of hydrogen-bond acceptors (Lipinski definition) is 3. The first-order chi connectivity index (χ1) is 9.01. The molecule has 0 unspecified atom stereocenters. The molecule has 0 atom stereocenters. The summed E-state index contributed by atoms with van der Waals surface area (Å²) in [5.74, 6) is 0. The average Bonchev–Trinajstić information content (AvgIpc) is 2.40. The Hall–Kier alpha value is -1.85. The van der Waals surface area contributed by atoms with Gasteiger partial charge >= 0.3 is 0 Å². The third-order valence-electron chi connectivity index (χ3n) is 2.38. The third kappa shape index (κ3) is 3.33. The molecular weight excluding hydrogens is 286 g/mol. The number of carbonyl (C=O) groups excluding carboxylic acids is 1. The fourth-order valence-electron chi connectivity index (χ4n) is 1.43. The SMILES string of the molecule is O=[C]c1ccc(NS(=O)(=O)c2ccc(Cl)cc2)cc1. The van der Waals surface area contributed by atoms with Gasteiger partial charge in [-0.25, -0.2) is 8.42 Å². The van der Waals surface area contributed by atoms with E-state index < -0.39 is 10.0 Å². The molecule has 2 aromatic rings. The van der Waals surface area contributed by atoms with Gasteiger partial charge in [-0.05, 0) is 48.5 Å². The van der Waals surface area contributed by atoms with E-state index in [1.165, 1.54) is 48.5 Å². The van der Waals surface area contributed by atoms with Gasteiger partial charge in [0.1, 0.15) is 0 Å². The standard InChI is InChI=1S/C13H9ClNO3S/c14-11-3-7-13(8-4-11)19(17,18)15-12-5-1-10(9-16)2-6-12/h1-8,15H. The molecule has 1 N–H and O–H groups in total. The largest absolute Gasteiger partial charge is 0.285 e. The maximum Gasteiger partial charge on any atom is 0.261 e. The minimum Gasteiger partial charge on any atom is -0.285 e. The molecule has 0 bridgehead atoms. The Labute approximate surface area is 116 Å². The normalized spacial score (nSPS) is 11.0. The Bertz CT molecular complexity index is 679. The summed E-state index contributed by atoms with van der Waals surface area (Å²) in [7, 11) is -3.66. The molecule has 0 aliphatic heterocycles. The summed E-state index contributed by atoms with van der Waals surface area (Å²) in [6.45, 7) is 0. The predicted octanol–water partition coefficient (Wildman–Crippen LogP) is 2.60. The van der Waals surface area contributed by atoms with Crippen molar-refractivity contribution in [2.24, 2.45) is 0 Å². The number of benzene rings is 2. The molecule has 0 amide bonds. The zero-order chi connectivity index (χ0) is 13.9. The Morgan fingerprint density at radius 3 is 2.05 bits per heavy atom. The number of nitrogens with one attached hydrogen (secondary N) is 1. The van der Waals surface area contributed by atoms with Crippen molar-refractivity contribution < 1.29 is 13.2 Å². The lowest BCUT2D eigenvalue weighted by Crippen LogP contribution is -2.12. The van der Waals surface area contributed by atoms with Gasteiger partial charge in [-0.15, -0.1) is 0 Å². The van der Waals surface area contributed by atoms with Crippen LogP contribution in [0.15, 0.2) is 53.4 Å². The van der Waals surface area contributed by atoms with Crippen LogP contribution in [0.1, 0.15) is 5.56 Å². The lowest BCUT2D eigenvalue weighted by Gasteiger charge is -2.08. The van der Waals surface area contributed by atoms with E-state index in [0.717, 1.165) is 0 Å². The van der Waals surface area contributed by atoms with Gasteiger partial charge in [0, 0.05) is 16.3 Å². The Morgan fingerprint density at radius 2 is 1.53 bits per heavy atom. The lowest BCUT2D eigenvalue weighted by molar-refractivity contribution is 0.563. The molecule has 2 rings (SSSR count). The van der Waals surface area contributed by atoms with Gasteiger partial charge in [-0.1, -0.05) is 11.6 Å². The highest BCUT2D eigenvalue weighted by Crippen LogP contribution is 2.18. The van der Waals surface area contributed by atoms with E-state index >= 15 is 0 Å². The van der Waals surface area contributed by atoms with Crippen LogP contribution in [-0.4, -0.2) is 14.7 Å². The van der Waals surface area contributed by atoms with Crippen LogP contribution in [-0.2, 0) is 14.8 Å². The molecular formula is C13H9ClNO3S. The van der Waals surface area contributed by atoms with Crippen molar-refractivity contribution in [3.63, 3.8) is 0 Å². The topological polar surface area (TPSA) is 63.2 Å². The second-order valence-electron chi connectivity index (χ2n) is 3.74. The minimum atomic E-state index is -3.66. The zero-order valence-corrected chi connectivity index (χ0v) is 11.2. The Kier molecular flexibility index (Phi) is 3.87. The summed E-state index contributed by atoms with van der Waals surface area (Å²) >= 11 is 5.70. The molecule has 1 radical (unpaired) electrons. The molecule has 2 aromatic carbocycles. The van der Waals surface area contributed by atoms with E-state index in [-0.39, 0.29) is 4.90 Å². The van der Waals surface area contributed by atoms with Crippen molar-refractivity contribution in [2.45, 2.75) is 4.90 Å². The molecule has 0 saturated heterocycles. The highest BCUT2D eigenvalue weighted by molar-refractivity contribution is 7.92. The van der Waals surface area contributed by atoms with E-state index in [2.05, 4.69) is 4.72 Å². The molecule has 6 heteroatoms. The Balaban J connectivity index is 2.25. The van der Waals surface area contributed by atoms with Gasteiger partial charge in [-0.3, -0.25) is 9.52 Å². The minimum absolute atomic E-state index is 0.114. The fraction of sp³-hybridized carbons (Fsp3) is 0. The molecule has 0 aliphatic rings. The van der Waals surface area contributed by atoms with Crippen LogP contribution in [0.4, 0.5) is 5.69 Å². The highest BCUT2D eigenvalue weighted by atomic mass is 35.5.